The molecule has 7 heteroatoms. The molecule has 5 nitrogen and oxygen atoms in total. The summed E-state index contributed by atoms with van der Waals surface area (Å²) in [5.74, 6) is 0.0361. The first-order chi connectivity index (χ1) is 11.6. The highest BCUT2D eigenvalue weighted by atomic mass is 35.5. The Kier molecular flexibility index (Phi) is 4.74. The van der Waals surface area contributed by atoms with Gasteiger partial charge in [-0.2, -0.15) is 0 Å². The van der Waals surface area contributed by atoms with Crippen LogP contribution >= 0.6 is 23.2 Å². The fraction of sp³-hybridized carbons (Fsp3) is 0.0588. The van der Waals surface area contributed by atoms with Crippen molar-refractivity contribution in [1.29, 1.82) is 0 Å². The number of carbonyl (C=O) groups is 1. The number of aryl methyl sites for hydroxylation is 1. The van der Waals surface area contributed by atoms with Gasteiger partial charge in [0.25, 0.3) is 5.91 Å². The summed E-state index contributed by atoms with van der Waals surface area (Å²) >= 11 is 12.0. The second kappa shape index (κ2) is 6.95. The average Bonchev–Trinajstić information content (AvgIpc) is 2.98. The van der Waals surface area contributed by atoms with Crippen LogP contribution in [0.1, 0.15) is 16.1 Å². The van der Waals surface area contributed by atoms with Crippen molar-refractivity contribution in [3.63, 3.8) is 0 Å². The zero-order chi connectivity index (χ0) is 17.1. The number of halogens is 2. The quantitative estimate of drug-likeness (QED) is 0.660. The second-order valence-electron chi connectivity index (χ2n) is 5.03. The van der Waals surface area contributed by atoms with Gasteiger partial charge in [-0.15, -0.1) is 0 Å². The lowest BCUT2D eigenvalue weighted by molar-refractivity contribution is 0.0961. The predicted octanol–water partition coefficient (Wildman–Crippen LogP) is 4.71. The molecule has 0 spiro atoms. The molecule has 0 fully saturated rings. The van der Waals surface area contributed by atoms with E-state index < -0.39 is 0 Å². The van der Waals surface area contributed by atoms with Crippen LogP contribution in [0.5, 0.6) is 0 Å². The number of hydrogen-bond donors (Lipinski definition) is 2. The van der Waals surface area contributed by atoms with Crippen molar-refractivity contribution in [3.8, 4) is 11.3 Å². The van der Waals surface area contributed by atoms with Crippen LogP contribution in [0, 0.1) is 6.92 Å². The number of rotatable bonds is 4. The number of nitrogens with zero attached hydrogens (tertiary/aromatic N) is 1. The van der Waals surface area contributed by atoms with Crippen molar-refractivity contribution in [3.05, 3.63) is 69.9 Å². The fourth-order valence-corrected chi connectivity index (χ4v) is 2.55. The van der Waals surface area contributed by atoms with Crippen LogP contribution in [0.25, 0.3) is 11.3 Å². The molecule has 0 atom stereocenters. The van der Waals surface area contributed by atoms with Crippen LogP contribution in [0.15, 0.2) is 53.1 Å². The van der Waals surface area contributed by atoms with E-state index >= 15 is 0 Å². The first-order valence-corrected chi connectivity index (χ1v) is 7.85. The third kappa shape index (κ3) is 3.37. The highest BCUT2D eigenvalue weighted by Crippen LogP contribution is 2.26. The topological polar surface area (TPSA) is 67.2 Å². The Hall–Kier alpha value is -2.50. The van der Waals surface area contributed by atoms with Crippen molar-refractivity contribution in [2.75, 3.05) is 5.43 Å². The molecule has 2 aromatic carbocycles. The number of amides is 1. The maximum Gasteiger partial charge on any atom is 0.275 e. The molecule has 3 rings (SSSR count). The average molecular weight is 362 g/mol. The van der Waals surface area contributed by atoms with E-state index in [0.717, 1.165) is 5.56 Å². The Balaban J connectivity index is 1.83. The molecule has 0 aliphatic heterocycles. The van der Waals surface area contributed by atoms with E-state index in [-0.39, 0.29) is 5.91 Å². The minimum atomic E-state index is -0.386. The molecule has 3 aromatic rings. The van der Waals surface area contributed by atoms with Gasteiger partial charge < -0.3 is 4.52 Å². The summed E-state index contributed by atoms with van der Waals surface area (Å²) in [7, 11) is 0. The molecule has 0 saturated carbocycles. The van der Waals surface area contributed by atoms with Crippen LogP contribution < -0.4 is 10.9 Å². The summed E-state index contributed by atoms with van der Waals surface area (Å²) in [5, 5.41) is 4.92. The SMILES string of the molecule is Cc1onc(-c2ccccc2)c1C(=O)NNc1cc(Cl)ccc1Cl. The van der Waals surface area contributed by atoms with Crippen LogP contribution in [-0.2, 0) is 0 Å². The third-order valence-electron chi connectivity index (χ3n) is 3.38. The number of benzene rings is 2. The van der Waals surface area contributed by atoms with E-state index in [1.54, 1.807) is 25.1 Å². The molecular weight excluding hydrogens is 349 g/mol. The van der Waals surface area contributed by atoms with Gasteiger partial charge in [0.2, 0.25) is 0 Å². The fourth-order valence-electron chi connectivity index (χ4n) is 2.21. The van der Waals surface area contributed by atoms with E-state index in [4.69, 9.17) is 27.7 Å². The first kappa shape index (κ1) is 16.4. The Morgan fingerprint density at radius 3 is 2.62 bits per heavy atom. The van der Waals surface area contributed by atoms with Crippen molar-refractivity contribution in [1.82, 2.24) is 10.6 Å². The van der Waals surface area contributed by atoms with E-state index in [0.29, 0.717) is 32.8 Å². The molecule has 24 heavy (non-hydrogen) atoms. The van der Waals surface area contributed by atoms with Crippen LogP contribution in [0.4, 0.5) is 5.69 Å². The molecule has 0 saturated heterocycles. The maximum atomic E-state index is 12.5. The smallest absolute Gasteiger partial charge is 0.275 e. The lowest BCUT2D eigenvalue weighted by Crippen LogP contribution is -2.30. The number of carbonyl (C=O) groups excluding carboxylic acids is 1. The standard InChI is InChI=1S/C17H13Cl2N3O2/c1-10-15(16(22-24-10)11-5-3-2-4-6-11)17(23)21-20-14-9-12(18)7-8-13(14)19/h2-9,20H,1H3,(H,21,23). The van der Waals surface area contributed by atoms with Gasteiger partial charge in [0, 0.05) is 10.6 Å². The Morgan fingerprint density at radius 2 is 1.88 bits per heavy atom. The molecule has 0 unspecified atom stereocenters. The van der Waals surface area contributed by atoms with Gasteiger partial charge in [0.05, 0.1) is 10.7 Å². The van der Waals surface area contributed by atoms with Crippen molar-refractivity contribution < 1.29 is 9.32 Å². The van der Waals surface area contributed by atoms with Crippen LogP contribution in [0.2, 0.25) is 10.0 Å². The van der Waals surface area contributed by atoms with E-state index in [9.17, 15) is 4.79 Å². The molecular formula is C17H13Cl2N3O2. The van der Waals surface area contributed by atoms with Gasteiger partial charge in [-0.25, -0.2) is 0 Å². The van der Waals surface area contributed by atoms with Gasteiger partial charge in [0.1, 0.15) is 17.0 Å². The summed E-state index contributed by atoms with van der Waals surface area (Å²) in [6, 6.07) is 14.2. The van der Waals surface area contributed by atoms with E-state index in [1.165, 1.54) is 0 Å². The van der Waals surface area contributed by atoms with Crippen molar-refractivity contribution in [2.24, 2.45) is 0 Å². The molecule has 122 valence electrons. The largest absolute Gasteiger partial charge is 0.360 e. The monoisotopic (exact) mass is 361 g/mol. The number of aromatic nitrogens is 1. The minimum absolute atomic E-state index is 0.354. The maximum absolute atomic E-state index is 12.5. The molecule has 0 aliphatic carbocycles. The normalized spacial score (nSPS) is 10.5. The predicted molar refractivity (Wildman–Crippen MR) is 94.2 cm³/mol. The van der Waals surface area contributed by atoms with Gasteiger partial charge in [-0.05, 0) is 25.1 Å². The summed E-state index contributed by atoms with van der Waals surface area (Å²) in [4.78, 5) is 12.5. The van der Waals surface area contributed by atoms with E-state index in [1.807, 2.05) is 30.3 Å². The van der Waals surface area contributed by atoms with Gasteiger partial charge in [-0.1, -0.05) is 58.7 Å². The summed E-state index contributed by atoms with van der Waals surface area (Å²) in [6.45, 7) is 1.68. The molecule has 0 aliphatic rings. The van der Waals surface area contributed by atoms with Crippen LogP contribution in [0.3, 0.4) is 0 Å². The highest BCUT2D eigenvalue weighted by Gasteiger charge is 2.21. The number of hydrazine groups is 1. The Labute approximate surface area is 148 Å². The zero-order valence-corrected chi connectivity index (χ0v) is 14.2. The summed E-state index contributed by atoms with van der Waals surface area (Å²) < 4.78 is 5.18. The zero-order valence-electron chi connectivity index (χ0n) is 12.6. The highest BCUT2D eigenvalue weighted by molar-refractivity contribution is 6.35. The molecule has 1 aromatic heterocycles. The summed E-state index contributed by atoms with van der Waals surface area (Å²) in [6.07, 6.45) is 0. The Morgan fingerprint density at radius 1 is 1.12 bits per heavy atom. The minimum Gasteiger partial charge on any atom is -0.360 e. The van der Waals surface area contributed by atoms with Crippen molar-refractivity contribution in [2.45, 2.75) is 6.92 Å². The lowest BCUT2D eigenvalue weighted by Gasteiger charge is -2.10. The second-order valence-corrected chi connectivity index (χ2v) is 5.88. The summed E-state index contributed by atoms with van der Waals surface area (Å²) in [5.41, 5.74) is 7.47. The van der Waals surface area contributed by atoms with Crippen molar-refractivity contribution >= 4 is 34.8 Å². The molecule has 2 N–H and O–H groups in total. The van der Waals surface area contributed by atoms with Gasteiger partial charge >= 0.3 is 0 Å². The van der Waals surface area contributed by atoms with E-state index in [2.05, 4.69) is 16.0 Å². The molecule has 0 radical (unpaired) electrons. The number of hydrogen-bond acceptors (Lipinski definition) is 4. The van der Waals surface area contributed by atoms with Crippen LogP contribution in [-0.4, -0.2) is 11.1 Å². The molecule has 1 heterocycles. The first-order valence-electron chi connectivity index (χ1n) is 7.09. The molecule has 1 amide bonds. The van der Waals surface area contributed by atoms with Gasteiger partial charge in [-0.3, -0.25) is 15.6 Å². The number of anilines is 1. The third-order valence-corrected chi connectivity index (χ3v) is 3.94. The lowest BCUT2D eigenvalue weighted by atomic mass is 10.1. The number of nitrogens with one attached hydrogen (secondary N) is 2. The molecule has 0 bridgehead atoms. The van der Waals surface area contributed by atoms with Gasteiger partial charge in [0.15, 0.2) is 0 Å². The Bertz CT molecular complexity index is 879.